The van der Waals surface area contributed by atoms with Crippen molar-refractivity contribution < 1.29 is 9.15 Å². The molecule has 16 heavy (non-hydrogen) atoms. The molecule has 0 aliphatic rings. The van der Waals surface area contributed by atoms with Crippen LogP contribution < -0.4 is 10.5 Å². The lowest BCUT2D eigenvalue weighted by atomic mass is 10.2. The number of nitrogens with zero attached hydrogens (tertiary/aromatic N) is 1. The van der Waals surface area contributed by atoms with Crippen LogP contribution in [0.15, 0.2) is 34.9 Å². The molecule has 0 spiro atoms. The van der Waals surface area contributed by atoms with E-state index in [1.807, 2.05) is 31.2 Å². The molecule has 1 aromatic heterocycles. The highest BCUT2D eigenvalue weighted by Crippen LogP contribution is 2.22. The lowest BCUT2D eigenvalue weighted by Crippen LogP contribution is -1.92. The maximum atomic E-state index is 5.45. The lowest BCUT2D eigenvalue weighted by Gasteiger charge is -2.02. The smallest absolute Gasteiger partial charge is 0.226 e. The van der Waals surface area contributed by atoms with Gasteiger partial charge in [-0.1, -0.05) is 0 Å². The Morgan fingerprint density at radius 3 is 2.62 bits per heavy atom. The summed E-state index contributed by atoms with van der Waals surface area (Å²) in [6.45, 7) is 2.98. The van der Waals surface area contributed by atoms with E-state index in [0.29, 0.717) is 24.8 Å². The first-order valence-electron chi connectivity index (χ1n) is 5.21. The third-order valence-electron chi connectivity index (χ3n) is 2.17. The van der Waals surface area contributed by atoms with Gasteiger partial charge in [0.25, 0.3) is 0 Å². The summed E-state index contributed by atoms with van der Waals surface area (Å²) in [6, 6.07) is 7.62. The van der Waals surface area contributed by atoms with Crippen molar-refractivity contribution in [3.05, 3.63) is 36.2 Å². The van der Waals surface area contributed by atoms with E-state index in [0.717, 1.165) is 11.3 Å². The largest absolute Gasteiger partial charge is 0.494 e. The lowest BCUT2D eigenvalue weighted by molar-refractivity contribution is 0.340. The van der Waals surface area contributed by atoms with Crippen molar-refractivity contribution in [3.8, 4) is 17.2 Å². The van der Waals surface area contributed by atoms with E-state index in [9.17, 15) is 0 Å². The second-order valence-corrected chi connectivity index (χ2v) is 3.29. The van der Waals surface area contributed by atoms with Gasteiger partial charge in [-0.05, 0) is 31.2 Å². The Balaban J connectivity index is 2.20. The summed E-state index contributed by atoms with van der Waals surface area (Å²) < 4.78 is 10.8. The molecule has 0 atom stereocenters. The summed E-state index contributed by atoms with van der Waals surface area (Å²) >= 11 is 0. The molecule has 2 N–H and O–H groups in total. The molecule has 4 heteroatoms. The van der Waals surface area contributed by atoms with Crippen molar-refractivity contribution >= 4 is 0 Å². The molecule has 84 valence electrons. The van der Waals surface area contributed by atoms with E-state index < -0.39 is 0 Å². The summed E-state index contributed by atoms with van der Waals surface area (Å²) in [4.78, 5) is 4.15. The van der Waals surface area contributed by atoms with E-state index in [2.05, 4.69) is 4.98 Å². The van der Waals surface area contributed by atoms with Crippen LogP contribution >= 0.6 is 0 Å². The van der Waals surface area contributed by atoms with Gasteiger partial charge in [0.05, 0.1) is 19.3 Å². The Morgan fingerprint density at radius 1 is 1.31 bits per heavy atom. The number of nitrogens with two attached hydrogens (primary N) is 1. The molecule has 0 unspecified atom stereocenters. The number of oxazole rings is 1. The molecule has 2 aromatic rings. The molecule has 1 heterocycles. The predicted molar refractivity (Wildman–Crippen MR) is 61.0 cm³/mol. The average Bonchev–Trinajstić information content (AvgIpc) is 2.79. The number of rotatable bonds is 4. The van der Waals surface area contributed by atoms with Gasteiger partial charge in [0.2, 0.25) is 5.89 Å². The average molecular weight is 218 g/mol. The van der Waals surface area contributed by atoms with E-state index in [4.69, 9.17) is 14.9 Å². The molecule has 4 nitrogen and oxygen atoms in total. The Bertz CT molecular complexity index is 448. The van der Waals surface area contributed by atoms with Crippen LogP contribution in [-0.2, 0) is 6.54 Å². The maximum Gasteiger partial charge on any atom is 0.226 e. The second-order valence-electron chi connectivity index (χ2n) is 3.29. The maximum absolute atomic E-state index is 5.45. The van der Waals surface area contributed by atoms with Crippen molar-refractivity contribution in [2.75, 3.05) is 6.61 Å². The Morgan fingerprint density at radius 2 is 2.06 bits per heavy atom. The number of ether oxygens (including phenoxy) is 1. The summed E-state index contributed by atoms with van der Waals surface area (Å²) in [7, 11) is 0. The molecule has 0 fully saturated rings. The minimum atomic E-state index is 0.365. The van der Waals surface area contributed by atoms with Gasteiger partial charge >= 0.3 is 0 Å². The SMILES string of the molecule is CCOc1ccc(-c2ncc(CN)o2)cc1. The summed E-state index contributed by atoms with van der Waals surface area (Å²) in [5.41, 5.74) is 6.37. The highest BCUT2D eigenvalue weighted by atomic mass is 16.5. The molecule has 0 aliphatic heterocycles. The highest BCUT2D eigenvalue weighted by Gasteiger charge is 2.05. The molecular weight excluding hydrogens is 204 g/mol. The summed E-state index contributed by atoms with van der Waals surface area (Å²) in [5.74, 6) is 2.12. The molecule has 2 rings (SSSR count). The van der Waals surface area contributed by atoms with Crippen molar-refractivity contribution in [3.63, 3.8) is 0 Å². The number of hydrogen-bond acceptors (Lipinski definition) is 4. The van der Waals surface area contributed by atoms with Crippen LogP contribution in [0.5, 0.6) is 5.75 Å². The van der Waals surface area contributed by atoms with Gasteiger partial charge in [-0.25, -0.2) is 4.98 Å². The molecular formula is C12H14N2O2. The fourth-order valence-electron chi connectivity index (χ4n) is 1.40. The van der Waals surface area contributed by atoms with Gasteiger partial charge in [0.1, 0.15) is 11.5 Å². The topological polar surface area (TPSA) is 61.3 Å². The summed E-state index contributed by atoms with van der Waals surface area (Å²) in [6.07, 6.45) is 1.64. The first kappa shape index (κ1) is 10.7. The zero-order valence-corrected chi connectivity index (χ0v) is 9.14. The first-order chi connectivity index (χ1) is 7.83. The van der Waals surface area contributed by atoms with Gasteiger partial charge in [-0.2, -0.15) is 0 Å². The Labute approximate surface area is 94.1 Å². The zero-order chi connectivity index (χ0) is 11.4. The minimum Gasteiger partial charge on any atom is -0.494 e. The highest BCUT2D eigenvalue weighted by molar-refractivity contribution is 5.54. The van der Waals surface area contributed by atoms with Gasteiger partial charge in [-0.3, -0.25) is 0 Å². The van der Waals surface area contributed by atoms with Crippen molar-refractivity contribution in [1.82, 2.24) is 4.98 Å². The van der Waals surface area contributed by atoms with Gasteiger partial charge in [0, 0.05) is 5.56 Å². The molecule has 0 radical (unpaired) electrons. The third kappa shape index (κ3) is 2.23. The normalized spacial score (nSPS) is 10.4. The quantitative estimate of drug-likeness (QED) is 0.854. The van der Waals surface area contributed by atoms with Crippen LogP contribution in [0.2, 0.25) is 0 Å². The standard InChI is InChI=1S/C12H14N2O2/c1-2-15-10-5-3-9(4-6-10)12-14-8-11(7-13)16-12/h3-6,8H,2,7,13H2,1H3. The number of benzene rings is 1. The molecule has 0 saturated carbocycles. The monoisotopic (exact) mass is 218 g/mol. The molecule has 0 amide bonds. The Kier molecular flexibility index (Phi) is 3.22. The van der Waals surface area contributed by atoms with Gasteiger partial charge in [0.15, 0.2) is 0 Å². The van der Waals surface area contributed by atoms with Crippen LogP contribution in [0.1, 0.15) is 12.7 Å². The van der Waals surface area contributed by atoms with Crippen LogP contribution in [0.3, 0.4) is 0 Å². The van der Waals surface area contributed by atoms with Gasteiger partial charge in [-0.15, -0.1) is 0 Å². The van der Waals surface area contributed by atoms with E-state index in [1.54, 1.807) is 6.20 Å². The molecule has 0 aliphatic carbocycles. The second kappa shape index (κ2) is 4.81. The fraction of sp³-hybridized carbons (Fsp3) is 0.250. The Hall–Kier alpha value is -1.81. The molecule has 0 bridgehead atoms. The van der Waals surface area contributed by atoms with Crippen LogP contribution in [0.4, 0.5) is 0 Å². The number of hydrogen-bond donors (Lipinski definition) is 1. The zero-order valence-electron chi connectivity index (χ0n) is 9.14. The minimum absolute atomic E-state index is 0.365. The molecule has 1 aromatic carbocycles. The predicted octanol–water partition coefficient (Wildman–Crippen LogP) is 2.20. The van der Waals surface area contributed by atoms with Gasteiger partial charge < -0.3 is 14.9 Å². The van der Waals surface area contributed by atoms with Crippen molar-refractivity contribution in [2.45, 2.75) is 13.5 Å². The van der Waals surface area contributed by atoms with E-state index >= 15 is 0 Å². The van der Waals surface area contributed by atoms with Crippen molar-refractivity contribution in [2.24, 2.45) is 5.73 Å². The third-order valence-corrected chi connectivity index (χ3v) is 2.17. The van der Waals surface area contributed by atoms with Crippen LogP contribution in [-0.4, -0.2) is 11.6 Å². The van der Waals surface area contributed by atoms with E-state index in [1.165, 1.54) is 0 Å². The van der Waals surface area contributed by atoms with Crippen molar-refractivity contribution in [1.29, 1.82) is 0 Å². The van der Waals surface area contributed by atoms with Crippen LogP contribution in [0, 0.1) is 0 Å². The summed E-state index contributed by atoms with van der Waals surface area (Å²) in [5, 5.41) is 0. The van der Waals surface area contributed by atoms with E-state index in [-0.39, 0.29) is 0 Å². The van der Waals surface area contributed by atoms with Crippen LogP contribution in [0.25, 0.3) is 11.5 Å². The fourth-order valence-corrected chi connectivity index (χ4v) is 1.40. The molecule has 0 saturated heterocycles. The number of aromatic nitrogens is 1. The first-order valence-corrected chi connectivity index (χ1v) is 5.21.